The van der Waals surface area contributed by atoms with Gasteiger partial charge in [0.1, 0.15) is 0 Å². The topological polar surface area (TPSA) is 37.1 Å². The Hall–Kier alpha value is -1.25. The number of allylic oxidation sites excluding steroid dienone is 1. The molecule has 0 saturated carbocycles. The molecule has 0 aromatic rings. The third-order valence-corrected chi connectivity index (χ3v) is 2.35. The molecule has 3 nitrogen and oxygen atoms in total. The third-order valence-electron chi connectivity index (χ3n) is 2.35. The molecule has 0 saturated heterocycles. The monoisotopic (exact) mass is 175 g/mol. The van der Waals surface area contributed by atoms with Crippen LogP contribution in [0, 0.1) is 11.3 Å². The van der Waals surface area contributed by atoms with Gasteiger partial charge in [-0.25, -0.2) is 4.99 Å². The summed E-state index contributed by atoms with van der Waals surface area (Å²) in [5.41, 5.74) is 1.36. The van der Waals surface area contributed by atoms with E-state index < -0.39 is 0 Å². The number of rotatable bonds is 0. The zero-order chi connectivity index (χ0) is 9.47. The van der Waals surface area contributed by atoms with Crippen molar-refractivity contribution in [3.05, 3.63) is 24.0 Å². The maximum Gasteiger partial charge on any atom is 0.179 e. The summed E-state index contributed by atoms with van der Waals surface area (Å²) in [4.78, 5) is 4.16. The number of amidine groups is 1. The Morgan fingerprint density at radius 3 is 2.77 bits per heavy atom. The second-order valence-corrected chi connectivity index (χ2v) is 4.44. The van der Waals surface area contributed by atoms with Gasteiger partial charge in [-0.15, -0.1) is 5.11 Å². The van der Waals surface area contributed by atoms with E-state index >= 15 is 0 Å². The fourth-order valence-electron chi connectivity index (χ4n) is 1.64. The summed E-state index contributed by atoms with van der Waals surface area (Å²) in [6, 6.07) is 0. The quantitative estimate of drug-likeness (QED) is 0.543. The Morgan fingerprint density at radius 1 is 1.31 bits per heavy atom. The highest BCUT2D eigenvalue weighted by Crippen LogP contribution is 2.37. The van der Waals surface area contributed by atoms with E-state index in [4.69, 9.17) is 0 Å². The highest BCUT2D eigenvalue weighted by atomic mass is 15.2. The molecule has 2 rings (SSSR count). The predicted octanol–water partition coefficient (Wildman–Crippen LogP) is 2.92. The molecule has 68 valence electrons. The van der Waals surface area contributed by atoms with E-state index in [1.807, 2.05) is 12.4 Å². The molecule has 0 bridgehead atoms. The van der Waals surface area contributed by atoms with E-state index in [2.05, 4.69) is 42.1 Å². The first-order chi connectivity index (χ1) is 6.09. The van der Waals surface area contributed by atoms with E-state index in [9.17, 15) is 0 Å². The van der Waals surface area contributed by atoms with Crippen LogP contribution in [0.15, 0.2) is 39.3 Å². The molecule has 0 aromatic heterocycles. The predicted molar refractivity (Wildman–Crippen MR) is 52.5 cm³/mol. The van der Waals surface area contributed by atoms with E-state index in [1.54, 1.807) is 0 Å². The van der Waals surface area contributed by atoms with Gasteiger partial charge in [0, 0.05) is 17.7 Å². The van der Waals surface area contributed by atoms with Gasteiger partial charge in [0.2, 0.25) is 0 Å². The first-order valence-electron chi connectivity index (χ1n) is 4.45. The largest absolute Gasteiger partial charge is 0.236 e. The van der Waals surface area contributed by atoms with Crippen LogP contribution in [-0.4, -0.2) is 5.84 Å². The number of azo groups is 1. The Kier molecular flexibility index (Phi) is 1.68. The summed E-state index contributed by atoms with van der Waals surface area (Å²) in [7, 11) is 0. The van der Waals surface area contributed by atoms with Crippen molar-refractivity contribution < 1.29 is 0 Å². The summed E-state index contributed by atoms with van der Waals surface area (Å²) in [6.45, 7) is 6.64. The lowest BCUT2D eigenvalue weighted by atomic mass is 9.75. The maximum atomic E-state index is 4.16. The minimum Gasteiger partial charge on any atom is -0.236 e. The highest BCUT2D eigenvalue weighted by Gasteiger charge is 2.31. The Balaban J connectivity index is 2.36. The number of hydrogen-bond acceptors (Lipinski definition) is 3. The van der Waals surface area contributed by atoms with Crippen molar-refractivity contribution in [2.75, 3.05) is 0 Å². The molecular formula is C10H13N3. The standard InChI is InChI=1S/C10H13N3/c1-10(2,3)8-4-5-11-9-7(8)6-12-13-9/h4-6,8H,1-3H3. The molecule has 13 heavy (non-hydrogen) atoms. The van der Waals surface area contributed by atoms with Gasteiger partial charge >= 0.3 is 0 Å². The van der Waals surface area contributed by atoms with Crippen molar-refractivity contribution in [1.82, 2.24) is 0 Å². The summed E-state index contributed by atoms with van der Waals surface area (Å²) in [5, 5.41) is 7.84. The molecule has 2 heterocycles. The highest BCUT2D eigenvalue weighted by molar-refractivity contribution is 6.01. The van der Waals surface area contributed by atoms with Crippen LogP contribution in [-0.2, 0) is 0 Å². The number of fused-ring (bicyclic) bond motifs is 1. The second-order valence-electron chi connectivity index (χ2n) is 4.44. The Morgan fingerprint density at radius 2 is 2.08 bits per heavy atom. The van der Waals surface area contributed by atoms with Crippen molar-refractivity contribution in [2.24, 2.45) is 26.6 Å². The van der Waals surface area contributed by atoms with Crippen molar-refractivity contribution >= 4 is 5.84 Å². The van der Waals surface area contributed by atoms with Gasteiger partial charge in [0.05, 0.1) is 6.20 Å². The first kappa shape index (κ1) is 8.35. The van der Waals surface area contributed by atoms with Gasteiger partial charge < -0.3 is 0 Å². The van der Waals surface area contributed by atoms with E-state index in [0.29, 0.717) is 5.92 Å². The molecule has 1 atom stereocenters. The van der Waals surface area contributed by atoms with Gasteiger partial charge in [-0.2, -0.15) is 5.11 Å². The zero-order valence-electron chi connectivity index (χ0n) is 8.15. The maximum absolute atomic E-state index is 4.16. The van der Waals surface area contributed by atoms with Gasteiger partial charge in [0.25, 0.3) is 0 Å². The van der Waals surface area contributed by atoms with Crippen LogP contribution in [0.3, 0.4) is 0 Å². The molecule has 2 aliphatic heterocycles. The number of aliphatic imine (C=N–C) groups is 1. The van der Waals surface area contributed by atoms with Crippen molar-refractivity contribution in [3.8, 4) is 0 Å². The molecule has 0 N–H and O–H groups in total. The summed E-state index contributed by atoms with van der Waals surface area (Å²) < 4.78 is 0. The SMILES string of the molecule is CC(C)(C)C1C=CN=C2N=NC=C21. The fraction of sp³-hybridized carbons (Fsp3) is 0.500. The summed E-state index contributed by atoms with van der Waals surface area (Å²) in [5.74, 6) is 1.16. The van der Waals surface area contributed by atoms with Gasteiger partial charge in [0.15, 0.2) is 5.84 Å². The molecule has 2 aliphatic rings. The van der Waals surface area contributed by atoms with Crippen LogP contribution in [0.25, 0.3) is 0 Å². The van der Waals surface area contributed by atoms with E-state index in [-0.39, 0.29) is 5.41 Å². The number of hydrogen-bond donors (Lipinski definition) is 0. The molecule has 0 fully saturated rings. The number of nitrogens with zero attached hydrogens (tertiary/aromatic N) is 3. The van der Waals surface area contributed by atoms with Crippen LogP contribution >= 0.6 is 0 Å². The van der Waals surface area contributed by atoms with Crippen LogP contribution in [0.2, 0.25) is 0 Å². The molecule has 3 heteroatoms. The Labute approximate surface area is 78.0 Å². The van der Waals surface area contributed by atoms with Crippen LogP contribution < -0.4 is 0 Å². The average molecular weight is 175 g/mol. The Bertz CT molecular complexity index is 340. The third kappa shape index (κ3) is 1.34. The van der Waals surface area contributed by atoms with Crippen LogP contribution in [0.4, 0.5) is 0 Å². The second kappa shape index (κ2) is 2.62. The molecule has 0 spiro atoms. The fourth-order valence-corrected chi connectivity index (χ4v) is 1.64. The van der Waals surface area contributed by atoms with Gasteiger partial charge in [-0.05, 0) is 5.41 Å². The minimum atomic E-state index is 0.207. The van der Waals surface area contributed by atoms with Gasteiger partial charge in [-0.3, -0.25) is 0 Å². The van der Waals surface area contributed by atoms with Gasteiger partial charge in [-0.1, -0.05) is 26.8 Å². The lowest BCUT2D eigenvalue weighted by Gasteiger charge is -2.29. The molecular weight excluding hydrogens is 162 g/mol. The van der Waals surface area contributed by atoms with Crippen molar-refractivity contribution in [1.29, 1.82) is 0 Å². The average Bonchev–Trinajstić information content (AvgIpc) is 2.48. The molecule has 1 unspecified atom stereocenters. The molecule has 0 aromatic carbocycles. The van der Waals surface area contributed by atoms with Crippen LogP contribution in [0.5, 0.6) is 0 Å². The minimum absolute atomic E-state index is 0.207. The first-order valence-corrected chi connectivity index (χ1v) is 4.45. The normalized spacial score (nSPS) is 25.6. The summed E-state index contributed by atoms with van der Waals surface area (Å²) >= 11 is 0. The molecule has 0 amide bonds. The van der Waals surface area contributed by atoms with E-state index in [0.717, 1.165) is 11.4 Å². The van der Waals surface area contributed by atoms with Crippen molar-refractivity contribution in [2.45, 2.75) is 20.8 Å². The molecule has 0 aliphatic carbocycles. The summed E-state index contributed by atoms with van der Waals surface area (Å²) in [6.07, 6.45) is 5.76. The van der Waals surface area contributed by atoms with E-state index in [1.165, 1.54) is 0 Å². The molecule has 0 radical (unpaired) electrons. The van der Waals surface area contributed by atoms with Crippen LogP contribution in [0.1, 0.15) is 20.8 Å². The zero-order valence-corrected chi connectivity index (χ0v) is 8.15. The van der Waals surface area contributed by atoms with Crippen molar-refractivity contribution in [3.63, 3.8) is 0 Å². The smallest absolute Gasteiger partial charge is 0.179 e. The lowest BCUT2D eigenvalue weighted by Crippen LogP contribution is -2.24. The lowest BCUT2D eigenvalue weighted by molar-refractivity contribution is 0.335.